The Morgan fingerprint density at radius 3 is 2.67 bits per heavy atom. The second-order valence-corrected chi connectivity index (χ2v) is 1.20. The van der Waals surface area contributed by atoms with Gasteiger partial charge in [0.2, 0.25) is 0 Å². The summed E-state index contributed by atoms with van der Waals surface area (Å²) in [5.41, 5.74) is 0. The Balaban J connectivity index is 2.73. The van der Waals surface area contributed by atoms with E-state index < -0.39 is 0 Å². The van der Waals surface area contributed by atoms with Crippen molar-refractivity contribution in [3.8, 4) is 0 Å². The van der Waals surface area contributed by atoms with Crippen LogP contribution < -0.4 is 0 Å². The molecule has 0 aromatic heterocycles. The summed E-state index contributed by atoms with van der Waals surface area (Å²) in [6.45, 7) is 2.05. The molecule has 0 radical (unpaired) electrons. The van der Waals surface area contributed by atoms with Crippen LogP contribution in [-0.4, -0.2) is 12.1 Å². The summed E-state index contributed by atoms with van der Waals surface area (Å²) in [4.78, 5) is 3.83. The molecular formula is C4H9NS. The Morgan fingerprint density at radius 1 is 1.83 bits per heavy atom. The van der Waals surface area contributed by atoms with Crippen molar-refractivity contribution in [1.82, 2.24) is 0 Å². The smallest absolute Gasteiger partial charge is 0.0810 e. The van der Waals surface area contributed by atoms with E-state index in [-0.39, 0.29) is 0 Å². The Labute approximate surface area is 43.9 Å². The predicted octanol–water partition coefficient (Wildman–Crippen LogP) is 1.35. The standard InChI is InChI=1S/C4H9NS/c1-2-3-5-4-6/h3,6H,2,4H2,1H3. The third kappa shape index (κ3) is 4.02. The van der Waals surface area contributed by atoms with Crippen LogP contribution in [0.3, 0.4) is 0 Å². The zero-order valence-corrected chi connectivity index (χ0v) is 4.78. The molecule has 0 saturated carbocycles. The van der Waals surface area contributed by atoms with Crippen molar-refractivity contribution in [2.75, 3.05) is 5.88 Å². The van der Waals surface area contributed by atoms with Crippen LogP contribution in [0.25, 0.3) is 0 Å². The predicted molar refractivity (Wildman–Crippen MR) is 32.6 cm³/mol. The van der Waals surface area contributed by atoms with E-state index in [1.165, 1.54) is 0 Å². The van der Waals surface area contributed by atoms with Gasteiger partial charge in [-0.1, -0.05) is 6.92 Å². The number of hydrogen-bond donors (Lipinski definition) is 1. The lowest BCUT2D eigenvalue weighted by Crippen LogP contribution is -1.66. The molecule has 0 aliphatic rings. The topological polar surface area (TPSA) is 12.4 Å². The van der Waals surface area contributed by atoms with E-state index in [9.17, 15) is 0 Å². The minimum Gasteiger partial charge on any atom is -0.287 e. The normalized spacial score (nSPS) is 10.3. The molecule has 0 atom stereocenters. The maximum atomic E-state index is 3.86. The van der Waals surface area contributed by atoms with E-state index in [1.54, 1.807) is 0 Å². The summed E-state index contributed by atoms with van der Waals surface area (Å²) in [5, 5.41) is 0. The van der Waals surface area contributed by atoms with Crippen LogP contribution >= 0.6 is 12.6 Å². The van der Waals surface area contributed by atoms with Gasteiger partial charge in [0, 0.05) is 0 Å². The first-order chi connectivity index (χ1) is 2.91. The number of aliphatic imine (C=N–C) groups is 1. The van der Waals surface area contributed by atoms with Gasteiger partial charge in [-0.3, -0.25) is 4.99 Å². The van der Waals surface area contributed by atoms with Crippen LogP contribution in [0, 0.1) is 0 Å². The average molecular weight is 103 g/mol. The number of thiol groups is 1. The van der Waals surface area contributed by atoms with Gasteiger partial charge in [0.1, 0.15) is 0 Å². The Morgan fingerprint density at radius 2 is 2.50 bits per heavy atom. The second-order valence-electron chi connectivity index (χ2n) is 0.915. The summed E-state index contributed by atoms with van der Waals surface area (Å²) in [6.07, 6.45) is 2.87. The van der Waals surface area contributed by atoms with Gasteiger partial charge in [0.25, 0.3) is 0 Å². The lowest BCUT2D eigenvalue weighted by atomic mass is 10.5. The Kier molecular flexibility index (Phi) is 5.04. The highest BCUT2D eigenvalue weighted by molar-refractivity contribution is 7.80. The fourth-order valence-electron chi connectivity index (χ4n) is 0.187. The third-order valence-electron chi connectivity index (χ3n) is 0.393. The molecule has 36 valence electrons. The second kappa shape index (κ2) is 5.02. The lowest BCUT2D eigenvalue weighted by Gasteiger charge is -1.73. The molecule has 0 aliphatic carbocycles. The number of rotatable bonds is 2. The van der Waals surface area contributed by atoms with Crippen molar-refractivity contribution in [3.05, 3.63) is 0 Å². The van der Waals surface area contributed by atoms with Crippen LogP contribution in [0.2, 0.25) is 0 Å². The Hall–Kier alpha value is 0.0200. The van der Waals surface area contributed by atoms with Crippen molar-refractivity contribution in [1.29, 1.82) is 0 Å². The highest BCUT2D eigenvalue weighted by Crippen LogP contribution is 1.72. The van der Waals surface area contributed by atoms with Gasteiger partial charge in [-0.25, -0.2) is 0 Å². The number of nitrogens with zero attached hydrogens (tertiary/aromatic N) is 1. The fourth-order valence-corrected chi connectivity index (χ4v) is 0.302. The van der Waals surface area contributed by atoms with Gasteiger partial charge in [0.15, 0.2) is 0 Å². The molecular weight excluding hydrogens is 94.1 g/mol. The first-order valence-electron chi connectivity index (χ1n) is 2.01. The minimum absolute atomic E-state index is 0.619. The van der Waals surface area contributed by atoms with Crippen molar-refractivity contribution in [2.45, 2.75) is 13.3 Å². The van der Waals surface area contributed by atoms with Crippen LogP contribution in [0.5, 0.6) is 0 Å². The lowest BCUT2D eigenvalue weighted by molar-refractivity contribution is 1.28. The molecule has 0 aromatic carbocycles. The van der Waals surface area contributed by atoms with Crippen LogP contribution in [0.1, 0.15) is 13.3 Å². The maximum Gasteiger partial charge on any atom is 0.0810 e. The van der Waals surface area contributed by atoms with E-state index >= 15 is 0 Å². The highest BCUT2D eigenvalue weighted by atomic mass is 32.1. The van der Waals surface area contributed by atoms with Crippen LogP contribution in [0.4, 0.5) is 0 Å². The summed E-state index contributed by atoms with van der Waals surface area (Å²) in [6, 6.07) is 0. The van der Waals surface area contributed by atoms with E-state index in [0.717, 1.165) is 6.42 Å². The first-order valence-corrected chi connectivity index (χ1v) is 2.64. The third-order valence-corrected chi connectivity index (χ3v) is 0.557. The molecule has 1 nitrogen and oxygen atoms in total. The van der Waals surface area contributed by atoms with E-state index in [4.69, 9.17) is 0 Å². The molecule has 0 heterocycles. The zero-order valence-electron chi connectivity index (χ0n) is 3.89. The molecule has 0 amide bonds. The molecule has 0 N–H and O–H groups in total. The van der Waals surface area contributed by atoms with E-state index in [0.29, 0.717) is 5.88 Å². The Bertz CT molecular complexity index is 36.8. The summed E-state index contributed by atoms with van der Waals surface area (Å²) in [5.74, 6) is 0.619. The van der Waals surface area contributed by atoms with Gasteiger partial charge in [-0.15, -0.1) is 0 Å². The molecule has 0 saturated heterocycles. The van der Waals surface area contributed by atoms with Crippen LogP contribution in [0.15, 0.2) is 4.99 Å². The summed E-state index contributed by atoms with van der Waals surface area (Å²) < 4.78 is 0. The fraction of sp³-hybridized carbons (Fsp3) is 0.750. The zero-order chi connectivity index (χ0) is 4.83. The summed E-state index contributed by atoms with van der Waals surface area (Å²) >= 11 is 3.86. The van der Waals surface area contributed by atoms with Gasteiger partial charge >= 0.3 is 0 Å². The molecule has 6 heavy (non-hydrogen) atoms. The molecule has 0 fully saturated rings. The van der Waals surface area contributed by atoms with E-state index in [1.807, 2.05) is 13.1 Å². The van der Waals surface area contributed by atoms with Gasteiger partial charge in [-0.05, 0) is 12.6 Å². The SMILES string of the molecule is CCC=NCS. The van der Waals surface area contributed by atoms with Gasteiger partial charge < -0.3 is 0 Å². The molecule has 0 aliphatic heterocycles. The van der Waals surface area contributed by atoms with Crippen molar-refractivity contribution < 1.29 is 0 Å². The van der Waals surface area contributed by atoms with Crippen molar-refractivity contribution >= 4 is 18.8 Å². The maximum absolute atomic E-state index is 3.86. The molecule has 0 spiro atoms. The molecule has 0 aromatic rings. The molecule has 2 heteroatoms. The first kappa shape index (κ1) is 6.02. The highest BCUT2D eigenvalue weighted by Gasteiger charge is 1.60. The van der Waals surface area contributed by atoms with Crippen molar-refractivity contribution in [3.63, 3.8) is 0 Å². The summed E-state index contributed by atoms with van der Waals surface area (Å²) in [7, 11) is 0. The van der Waals surface area contributed by atoms with Crippen molar-refractivity contribution in [2.24, 2.45) is 4.99 Å². The number of hydrogen-bond acceptors (Lipinski definition) is 2. The largest absolute Gasteiger partial charge is 0.287 e. The van der Waals surface area contributed by atoms with Crippen LogP contribution in [-0.2, 0) is 0 Å². The minimum atomic E-state index is 0.619. The monoisotopic (exact) mass is 103 g/mol. The molecule has 0 rings (SSSR count). The quantitative estimate of drug-likeness (QED) is 0.400. The van der Waals surface area contributed by atoms with Gasteiger partial charge in [-0.2, -0.15) is 12.6 Å². The van der Waals surface area contributed by atoms with E-state index in [2.05, 4.69) is 17.6 Å². The molecule has 0 bridgehead atoms. The van der Waals surface area contributed by atoms with Gasteiger partial charge in [0.05, 0.1) is 5.88 Å². The molecule has 0 unspecified atom stereocenters. The average Bonchev–Trinajstić information content (AvgIpc) is 1.61.